The summed E-state index contributed by atoms with van der Waals surface area (Å²) >= 11 is 0. The van der Waals surface area contributed by atoms with Crippen LogP contribution in [0, 0.1) is 6.92 Å². The highest BCUT2D eigenvalue weighted by atomic mass is 15.3. The van der Waals surface area contributed by atoms with Gasteiger partial charge in [-0.1, -0.05) is 0 Å². The van der Waals surface area contributed by atoms with Crippen LogP contribution >= 0.6 is 0 Å². The van der Waals surface area contributed by atoms with Gasteiger partial charge < -0.3 is 10.2 Å². The summed E-state index contributed by atoms with van der Waals surface area (Å²) < 4.78 is 0. The van der Waals surface area contributed by atoms with E-state index < -0.39 is 0 Å². The van der Waals surface area contributed by atoms with Gasteiger partial charge in [0.15, 0.2) is 0 Å². The Hall–Kier alpha value is -1.22. The first-order valence-electron chi connectivity index (χ1n) is 7.05. The molecule has 1 aromatic carbocycles. The van der Waals surface area contributed by atoms with Gasteiger partial charge in [-0.05, 0) is 43.5 Å². The van der Waals surface area contributed by atoms with E-state index in [9.17, 15) is 0 Å². The van der Waals surface area contributed by atoms with Crippen molar-refractivity contribution in [2.24, 2.45) is 0 Å². The van der Waals surface area contributed by atoms with Gasteiger partial charge in [0.2, 0.25) is 0 Å². The number of nitrogens with zero attached hydrogens (tertiary/aromatic N) is 2. The molecular formula is C15H23N3. The molecule has 2 aliphatic rings. The van der Waals surface area contributed by atoms with E-state index in [4.69, 9.17) is 0 Å². The Balaban J connectivity index is 1.68. The minimum Gasteiger partial charge on any atom is -0.388 e. The fourth-order valence-corrected chi connectivity index (χ4v) is 2.93. The molecule has 1 aliphatic heterocycles. The molecule has 3 heteroatoms. The van der Waals surface area contributed by atoms with Gasteiger partial charge in [0.05, 0.1) is 0 Å². The minimum absolute atomic E-state index is 0.917. The summed E-state index contributed by atoms with van der Waals surface area (Å²) in [6.07, 6.45) is 2.85. The maximum absolute atomic E-state index is 3.20. The molecular weight excluding hydrogens is 222 g/mol. The van der Waals surface area contributed by atoms with Crippen LogP contribution in [-0.4, -0.2) is 44.2 Å². The molecule has 0 bridgehead atoms. The van der Waals surface area contributed by atoms with Crippen LogP contribution in [0.4, 0.5) is 11.4 Å². The maximum atomic E-state index is 3.20. The molecule has 1 N–H and O–H groups in total. The second-order valence-electron chi connectivity index (χ2n) is 5.51. The SMILES string of the molecule is CNc1ccc(N2CCN(C3CC3)CC2)c(C)c1. The Kier molecular flexibility index (Phi) is 3.16. The lowest BCUT2D eigenvalue weighted by Gasteiger charge is -2.37. The minimum atomic E-state index is 0.917. The van der Waals surface area contributed by atoms with Crippen LogP contribution in [0.2, 0.25) is 0 Å². The number of benzene rings is 1. The number of rotatable bonds is 3. The molecule has 0 amide bonds. The second kappa shape index (κ2) is 4.81. The number of anilines is 2. The monoisotopic (exact) mass is 245 g/mol. The first-order valence-corrected chi connectivity index (χ1v) is 7.05. The molecule has 1 heterocycles. The van der Waals surface area contributed by atoms with E-state index in [-0.39, 0.29) is 0 Å². The Bertz CT molecular complexity index is 418. The van der Waals surface area contributed by atoms with Gasteiger partial charge >= 0.3 is 0 Å². The molecule has 3 rings (SSSR count). The lowest BCUT2D eigenvalue weighted by molar-refractivity contribution is 0.248. The van der Waals surface area contributed by atoms with Crippen LogP contribution in [-0.2, 0) is 0 Å². The van der Waals surface area contributed by atoms with E-state index in [2.05, 4.69) is 40.2 Å². The topological polar surface area (TPSA) is 18.5 Å². The summed E-state index contributed by atoms with van der Waals surface area (Å²) in [4.78, 5) is 5.20. The molecule has 2 fully saturated rings. The standard InChI is InChI=1S/C15H23N3/c1-12-11-13(16-2)3-6-15(12)18-9-7-17(8-10-18)14-4-5-14/h3,6,11,14,16H,4-5,7-10H2,1-2H3. The zero-order valence-electron chi connectivity index (χ0n) is 11.4. The molecule has 0 radical (unpaired) electrons. The number of nitrogens with one attached hydrogen (secondary N) is 1. The van der Waals surface area contributed by atoms with Gasteiger partial charge in [-0.15, -0.1) is 0 Å². The van der Waals surface area contributed by atoms with E-state index in [0.29, 0.717) is 0 Å². The highest BCUT2D eigenvalue weighted by molar-refractivity contribution is 5.60. The Morgan fingerprint density at radius 3 is 2.39 bits per heavy atom. The Morgan fingerprint density at radius 1 is 1.11 bits per heavy atom. The van der Waals surface area contributed by atoms with Crippen molar-refractivity contribution in [1.82, 2.24) is 4.90 Å². The van der Waals surface area contributed by atoms with Crippen molar-refractivity contribution >= 4 is 11.4 Å². The van der Waals surface area contributed by atoms with Gasteiger partial charge in [-0.25, -0.2) is 0 Å². The fourth-order valence-electron chi connectivity index (χ4n) is 2.93. The summed E-state index contributed by atoms with van der Waals surface area (Å²) in [5.41, 5.74) is 3.99. The number of hydrogen-bond donors (Lipinski definition) is 1. The molecule has 0 aromatic heterocycles. The van der Waals surface area contributed by atoms with Crippen LogP contribution in [0.15, 0.2) is 18.2 Å². The Labute approximate surface area is 110 Å². The molecule has 18 heavy (non-hydrogen) atoms. The number of piperazine rings is 1. The van der Waals surface area contributed by atoms with E-state index >= 15 is 0 Å². The molecule has 0 atom stereocenters. The summed E-state index contributed by atoms with van der Waals surface area (Å²) in [7, 11) is 1.98. The normalized spacial score (nSPS) is 21.1. The average Bonchev–Trinajstić information content (AvgIpc) is 3.23. The molecule has 0 unspecified atom stereocenters. The van der Waals surface area contributed by atoms with Crippen molar-refractivity contribution in [1.29, 1.82) is 0 Å². The lowest BCUT2D eigenvalue weighted by atomic mass is 10.1. The smallest absolute Gasteiger partial charge is 0.0398 e. The van der Waals surface area contributed by atoms with Gasteiger partial charge in [0.25, 0.3) is 0 Å². The fraction of sp³-hybridized carbons (Fsp3) is 0.600. The largest absolute Gasteiger partial charge is 0.388 e. The lowest BCUT2D eigenvalue weighted by Crippen LogP contribution is -2.47. The van der Waals surface area contributed by atoms with Gasteiger partial charge in [0.1, 0.15) is 0 Å². The second-order valence-corrected chi connectivity index (χ2v) is 5.51. The van der Waals surface area contributed by atoms with Crippen LogP contribution in [0.5, 0.6) is 0 Å². The number of aryl methyl sites for hydroxylation is 1. The van der Waals surface area contributed by atoms with Crippen molar-refractivity contribution in [3.8, 4) is 0 Å². The maximum Gasteiger partial charge on any atom is 0.0398 e. The molecule has 1 saturated carbocycles. The van der Waals surface area contributed by atoms with Crippen molar-refractivity contribution in [3.05, 3.63) is 23.8 Å². The van der Waals surface area contributed by atoms with Gasteiger partial charge in [-0.3, -0.25) is 4.90 Å². The van der Waals surface area contributed by atoms with Crippen LogP contribution < -0.4 is 10.2 Å². The molecule has 1 saturated heterocycles. The molecule has 1 aromatic rings. The quantitative estimate of drug-likeness (QED) is 0.881. The summed E-state index contributed by atoms with van der Waals surface area (Å²) in [5.74, 6) is 0. The third kappa shape index (κ3) is 2.32. The van der Waals surface area contributed by atoms with Crippen molar-refractivity contribution in [2.75, 3.05) is 43.4 Å². The van der Waals surface area contributed by atoms with E-state index in [1.54, 1.807) is 0 Å². The van der Waals surface area contributed by atoms with Crippen molar-refractivity contribution in [2.45, 2.75) is 25.8 Å². The van der Waals surface area contributed by atoms with Crippen molar-refractivity contribution in [3.63, 3.8) is 0 Å². The highest BCUT2D eigenvalue weighted by Gasteiger charge is 2.31. The van der Waals surface area contributed by atoms with Crippen LogP contribution in [0.3, 0.4) is 0 Å². The summed E-state index contributed by atoms with van der Waals surface area (Å²) in [6, 6.07) is 7.59. The van der Waals surface area contributed by atoms with Crippen LogP contribution in [0.1, 0.15) is 18.4 Å². The molecule has 3 nitrogen and oxygen atoms in total. The van der Waals surface area contributed by atoms with Crippen LogP contribution in [0.25, 0.3) is 0 Å². The van der Waals surface area contributed by atoms with E-state index in [0.717, 1.165) is 6.04 Å². The van der Waals surface area contributed by atoms with Gasteiger partial charge in [0, 0.05) is 50.6 Å². The zero-order chi connectivity index (χ0) is 12.5. The van der Waals surface area contributed by atoms with Crippen molar-refractivity contribution < 1.29 is 0 Å². The Morgan fingerprint density at radius 2 is 1.83 bits per heavy atom. The predicted molar refractivity (Wildman–Crippen MR) is 77.5 cm³/mol. The summed E-state index contributed by atoms with van der Waals surface area (Å²) in [5, 5.41) is 3.20. The number of hydrogen-bond acceptors (Lipinski definition) is 3. The molecule has 1 aliphatic carbocycles. The van der Waals surface area contributed by atoms with E-state index in [1.807, 2.05) is 7.05 Å². The van der Waals surface area contributed by atoms with Gasteiger partial charge in [-0.2, -0.15) is 0 Å². The zero-order valence-corrected chi connectivity index (χ0v) is 11.4. The predicted octanol–water partition coefficient (Wildman–Crippen LogP) is 2.32. The van der Waals surface area contributed by atoms with E-state index in [1.165, 1.54) is 56.0 Å². The first kappa shape index (κ1) is 11.8. The average molecular weight is 245 g/mol. The molecule has 98 valence electrons. The first-order chi connectivity index (χ1) is 8.78. The third-order valence-electron chi connectivity index (χ3n) is 4.20. The highest BCUT2D eigenvalue weighted by Crippen LogP contribution is 2.29. The summed E-state index contributed by atoms with van der Waals surface area (Å²) in [6.45, 7) is 7.03. The molecule has 0 spiro atoms. The third-order valence-corrected chi connectivity index (χ3v) is 4.20.